The van der Waals surface area contributed by atoms with Crippen LogP contribution < -0.4 is 5.32 Å². The normalized spacial score (nSPS) is 22.7. The topological polar surface area (TPSA) is 115 Å². The molecule has 0 spiro atoms. The Morgan fingerprint density at radius 2 is 2.04 bits per heavy atom. The molecule has 1 aliphatic heterocycles. The second-order valence-corrected chi connectivity index (χ2v) is 7.56. The first-order valence-corrected chi connectivity index (χ1v) is 8.86. The predicted octanol–water partition coefficient (Wildman–Crippen LogP) is 0.841. The van der Waals surface area contributed by atoms with E-state index >= 15 is 0 Å². The fourth-order valence-corrected chi connectivity index (χ4v) is 3.89. The van der Waals surface area contributed by atoms with E-state index in [-0.39, 0.29) is 30.2 Å². The Morgan fingerprint density at radius 1 is 1.39 bits per heavy atom. The van der Waals surface area contributed by atoms with E-state index in [9.17, 15) is 18.5 Å². The van der Waals surface area contributed by atoms with Crippen molar-refractivity contribution in [2.45, 2.75) is 26.1 Å². The summed E-state index contributed by atoms with van der Waals surface area (Å²) in [5.74, 6) is 0.319. The third-order valence-corrected chi connectivity index (χ3v) is 5.21. The Hall–Kier alpha value is -1.78. The Bertz CT molecular complexity index is 639. The first-order valence-electron chi connectivity index (χ1n) is 7.25. The van der Waals surface area contributed by atoms with E-state index in [1.165, 1.54) is 16.4 Å². The van der Waals surface area contributed by atoms with Crippen molar-refractivity contribution in [1.82, 2.24) is 9.29 Å². The summed E-state index contributed by atoms with van der Waals surface area (Å²) in [6, 6.07) is 2.76. The van der Waals surface area contributed by atoms with Crippen molar-refractivity contribution in [3.63, 3.8) is 0 Å². The molecule has 0 saturated carbocycles. The van der Waals surface area contributed by atoms with Crippen LogP contribution in [0.5, 0.6) is 0 Å². The number of pyridine rings is 1. The fraction of sp³-hybridized carbons (Fsp3) is 0.615. The molecule has 1 fully saturated rings. The van der Waals surface area contributed by atoms with Gasteiger partial charge in [-0.05, 0) is 19.9 Å². The molecule has 2 heterocycles. The van der Waals surface area contributed by atoms with Crippen molar-refractivity contribution in [3.8, 4) is 0 Å². The molecule has 2 rings (SSSR count). The number of ether oxygens (including phenoxy) is 1. The van der Waals surface area contributed by atoms with Crippen molar-refractivity contribution >= 4 is 21.5 Å². The van der Waals surface area contributed by atoms with Crippen LogP contribution in [0.2, 0.25) is 0 Å². The first-order chi connectivity index (χ1) is 10.8. The summed E-state index contributed by atoms with van der Waals surface area (Å²) in [5, 5.41) is 13.4. The standard InChI is InChI=1S/C13H20N4O5S/c1-10-8-16(9-11(2)22-10)23(20,21)6-5-14-13-4-3-12(7-15-13)17(18)19/h3-4,7,10-11H,5-6,8-9H2,1-2H3,(H,14,15). The predicted molar refractivity (Wildman–Crippen MR) is 84.7 cm³/mol. The minimum atomic E-state index is -3.39. The number of sulfonamides is 1. The zero-order valence-electron chi connectivity index (χ0n) is 13.0. The maximum atomic E-state index is 12.3. The molecule has 0 bridgehead atoms. The van der Waals surface area contributed by atoms with Crippen LogP contribution in [0.25, 0.3) is 0 Å². The van der Waals surface area contributed by atoms with Crippen LogP contribution in [0, 0.1) is 10.1 Å². The van der Waals surface area contributed by atoms with Crippen LogP contribution >= 0.6 is 0 Å². The van der Waals surface area contributed by atoms with E-state index in [0.29, 0.717) is 18.9 Å². The molecule has 1 aliphatic rings. The zero-order valence-corrected chi connectivity index (χ0v) is 13.8. The highest BCUT2D eigenvalue weighted by atomic mass is 32.2. The fourth-order valence-electron chi connectivity index (χ4n) is 2.39. The highest BCUT2D eigenvalue weighted by molar-refractivity contribution is 7.89. The second kappa shape index (κ2) is 7.20. The average molecular weight is 344 g/mol. The highest BCUT2D eigenvalue weighted by Crippen LogP contribution is 2.15. The molecular weight excluding hydrogens is 324 g/mol. The maximum Gasteiger partial charge on any atom is 0.287 e. The molecule has 23 heavy (non-hydrogen) atoms. The molecule has 0 aromatic carbocycles. The number of rotatable bonds is 6. The summed E-state index contributed by atoms with van der Waals surface area (Å²) < 4.78 is 31.6. The number of nitrogens with one attached hydrogen (secondary N) is 1. The van der Waals surface area contributed by atoms with Gasteiger partial charge in [-0.15, -0.1) is 0 Å². The Labute approximate surface area is 134 Å². The van der Waals surface area contributed by atoms with Crippen molar-refractivity contribution in [1.29, 1.82) is 0 Å². The number of morpholine rings is 1. The van der Waals surface area contributed by atoms with Crippen LogP contribution in [-0.4, -0.2) is 60.2 Å². The van der Waals surface area contributed by atoms with Gasteiger partial charge in [0, 0.05) is 25.7 Å². The maximum absolute atomic E-state index is 12.3. The van der Waals surface area contributed by atoms with Crippen LogP contribution in [0.1, 0.15) is 13.8 Å². The van der Waals surface area contributed by atoms with Gasteiger partial charge in [0.15, 0.2) is 0 Å². The van der Waals surface area contributed by atoms with E-state index in [1.807, 2.05) is 13.8 Å². The van der Waals surface area contributed by atoms with Gasteiger partial charge in [-0.25, -0.2) is 13.4 Å². The quantitative estimate of drug-likeness (QED) is 0.600. The smallest absolute Gasteiger partial charge is 0.287 e. The van der Waals surface area contributed by atoms with Gasteiger partial charge < -0.3 is 10.1 Å². The lowest BCUT2D eigenvalue weighted by molar-refractivity contribution is -0.385. The average Bonchev–Trinajstić information content (AvgIpc) is 2.46. The molecule has 1 N–H and O–H groups in total. The van der Waals surface area contributed by atoms with Crippen molar-refractivity contribution in [3.05, 3.63) is 28.4 Å². The minimum absolute atomic E-state index is 0.0783. The summed E-state index contributed by atoms with van der Waals surface area (Å²) in [5.41, 5.74) is -0.112. The number of hydrogen-bond donors (Lipinski definition) is 1. The van der Waals surface area contributed by atoms with Gasteiger partial charge in [-0.2, -0.15) is 4.31 Å². The van der Waals surface area contributed by atoms with E-state index in [1.54, 1.807) is 0 Å². The van der Waals surface area contributed by atoms with Gasteiger partial charge in [-0.3, -0.25) is 10.1 Å². The number of nitrogens with zero attached hydrogens (tertiary/aromatic N) is 3. The number of hydrogen-bond acceptors (Lipinski definition) is 7. The van der Waals surface area contributed by atoms with Gasteiger partial charge in [0.25, 0.3) is 5.69 Å². The first kappa shape index (κ1) is 17.6. The molecule has 0 radical (unpaired) electrons. The molecule has 2 unspecified atom stereocenters. The monoisotopic (exact) mass is 344 g/mol. The van der Waals surface area contributed by atoms with Gasteiger partial charge in [0.2, 0.25) is 10.0 Å². The summed E-state index contributed by atoms with van der Waals surface area (Å²) in [4.78, 5) is 13.9. The lowest BCUT2D eigenvalue weighted by atomic mass is 10.3. The Kier molecular flexibility index (Phi) is 5.50. The second-order valence-electron chi connectivity index (χ2n) is 5.48. The zero-order chi connectivity index (χ0) is 17.0. The lowest BCUT2D eigenvalue weighted by Crippen LogP contribution is -2.49. The van der Waals surface area contributed by atoms with Crippen molar-refractivity contribution < 1.29 is 18.1 Å². The third-order valence-electron chi connectivity index (χ3n) is 3.40. The van der Waals surface area contributed by atoms with E-state index < -0.39 is 14.9 Å². The van der Waals surface area contributed by atoms with Crippen molar-refractivity contribution in [2.24, 2.45) is 0 Å². The SMILES string of the molecule is CC1CN(S(=O)(=O)CCNc2ccc([N+](=O)[O-])cn2)CC(C)O1. The summed E-state index contributed by atoms with van der Waals surface area (Å²) in [7, 11) is -3.39. The third kappa shape index (κ3) is 4.85. The van der Waals surface area contributed by atoms with E-state index in [2.05, 4.69) is 10.3 Å². The van der Waals surface area contributed by atoms with E-state index in [4.69, 9.17) is 4.74 Å². The lowest BCUT2D eigenvalue weighted by Gasteiger charge is -2.34. The molecule has 9 nitrogen and oxygen atoms in total. The number of anilines is 1. The Balaban J connectivity index is 1.88. The molecular formula is C13H20N4O5S. The molecule has 10 heteroatoms. The van der Waals surface area contributed by atoms with Gasteiger partial charge in [0.05, 0.1) is 22.9 Å². The summed E-state index contributed by atoms with van der Waals surface area (Å²) in [6.07, 6.45) is 0.873. The minimum Gasteiger partial charge on any atom is -0.373 e. The molecule has 1 saturated heterocycles. The van der Waals surface area contributed by atoms with Crippen molar-refractivity contribution in [2.75, 3.05) is 30.7 Å². The molecule has 128 valence electrons. The van der Waals surface area contributed by atoms with Gasteiger partial charge in [-0.1, -0.05) is 0 Å². The van der Waals surface area contributed by atoms with Crippen LogP contribution in [0.4, 0.5) is 11.5 Å². The molecule has 2 atom stereocenters. The van der Waals surface area contributed by atoms with Gasteiger partial charge >= 0.3 is 0 Å². The number of nitro groups is 1. The molecule has 1 aromatic rings. The van der Waals surface area contributed by atoms with Crippen LogP contribution in [0.3, 0.4) is 0 Å². The number of aromatic nitrogens is 1. The molecule has 1 aromatic heterocycles. The largest absolute Gasteiger partial charge is 0.373 e. The Morgan fingerprint density at radius 3 is 2.57 bits per heavy atom. The van der Waals surface area contributed by atoms with Gasteiger partial charge in [0.1, 0.15) is 12.0 Å². The van der Waals surface area contributed by atoms with Crippen LogP contribution in [-0.2, 0) is 14.8 Å². The molecule has 0 aliphatic carbocycles. The van der Waals surface area contributed by atoms with E-state index in [0.717, 1.165) is 6.20 Å². The molecule has 0 amide bonds. The highest BCUT2D eigenvalue weighted by Gasteiger charge is 2.30. The van der Waals surface area contributed by atoms with Crippen LogP contribution in [0.15, 0.2) is 18.3 Å². The summed E-state index contributed by atoms with van der Waals surface area (Å²) in [6.45, 7) is 4.56. The summed E-state index contributed by atoms with van der Waals surface area (Å²) >= 11 is 0.